The van der Waals surface area contributed by atoms with E-state index in [4.69, 9.17) is 11.6 Å². The predicted octanol–water partition coefficient (Wildman–Crippen LogP) is 5.08. The van der Waals surface area contributed by atoms with Gasteiger partial charge in [-0.15, -0.1) is 11.8 Å². The van der Waals surface area contributed by atoms with Gasteiger partial charge in [0.1, 0.15) is 5.82 Å². The Labute approximate surface area is 157 Å². The van der Waals surface area contributed by atoms with Crippen molar-refractivity contribution in [2.75, 3.05) is 5.75 Å². The third kappa shape index (κ3) is 4.56. The number of halogens is 2. The van der Waals surface area contributed by atoms with Crippen LogP contribution in [-0.2, 0) is 23.4 Å². The van der Waals surface area contributed by atoms with Gasteiger partial charge in [0.05, 0.1) is 11.8 Å². The molecule has 1 N–H and O–H groups in total. The van der Waals surface area contributed by atoms with E-state index in [2.05, 4.69) is 23.5 Å². The first kappa shape index (κ1) is 18.3. The Morgan fingerprint density at radius 3 is 2.88 bits per heavy atom. The van der Waals surface area contributed by atoms with Gasteiger partial charge in [-0.2, -0.15) is 0 Å². The zero-order valence-electron chi connectivity index (χ0n) is 14.1. The van der Waals surface area contributed by atoms with Gasteiger partial charge >= 0.3 is 0 Å². The molecule has 1 atom stereocenters. The summed E-state index contributed by atoms with van der Waals surface area (Å²) in [5.41, 5.74) is 4.42. The normalized spacial score (nSPS) is 14.2. The molecule has 3 rings (SSSR count). The Morgan fingerprint density at radius 1 is 1.28 bits per heavy atom. The van der Waals surface area contributed by atoms with Crippen molar-refractivity contribution in [1.82, 2.24) is 5.32 Å². The predicted molar refractivity (Wildman–Crippen MR) is 103 cm³/mol. The average molecular weight is 378 g/mol. The van der Waals surface area contributed by atoms with Crippen LogP contribution in [0.2, 0.25) is 5.02 Å². The molecular formula is C20H21ClFNOS. The highest BCUT2D eigenvalue weighted by atomic mass is 35.5. The summed E-state index contributed by atoms with van der Waals surface area (Å²) >= 11 is 7.37. The molecule has 0 saturated carbocycles. The second-order valence-corrected chi connectivity index (χ2v) is 7.76. The number of carbonyl (C=O) groups is 1. The highest BCUT2D eigenvalue weighted by molar-refractivity contribution is 7.99. The Kier molecular flexibility index (Phi) is 6.02. The minimum Gasteiger partial charge on any atom is -0.349 e. The Bertz CT molecular complexity index is 760. The molecule has 1 aliphatic rings. The van der Waals surface area contributed by atoms with Crippen molar-refractivity contribution in [3.05, 3.63) is 69.5 Å². The molecule has 0 heterocycles. The van der Waals surface area contributed by atoms with Crippen molar-refractivity contribution in [3.63, 3.8) is 0 Å². The third-order valence-corrected chi connectivity index (χ3v) is 5.85. The second kappa shape index (κ2) is 8.24. The van der Waals surface area contributed by atoms with Gasteiger partial charge in [-0.3, -0.25) is 4.79 Å². The van der Waals surface area contributed by atoms with Gasteiger partial charge in [-0.05, 0) is 55.0 Å². The maximum atomic E-state index is 13.7. The largest absolute Gasteiger partial charge is 0.349 e. The minimum atomic E-state index is -0.327. The van der Waals surface area contributed by atoms with Crippen molar-refractivity contribution in [3.8, 4) is 0 Å². The molecule has 0 bridgehead atoms. The monoisotopic (exact) mass is 377 g/mol. The third-order valence-electron chi connectivity index (χ3n) is 4.54. The number of carbonyl (C=O) groups excluding carboxylic acids is 1. The molecule has 0 aliphatic heterocycles. The maximum Gasteiger partial charge on any atom is 0.230 e. The first-order valence-corrected chi connectivity index (χ1v) is 9.99. The number of thioether (sulfide) groups is 1. The molecule has 1 aliphatic carbocycles. The molecule has 0 radical (unpaired) electrons. The zero-order valence-corrected chi connectivity index (χ0v) is 15.7. The van der Waals surface area contributed by atoms with Crippen LogP contribution in [0.1, 0.15) is 41.6 Å². The summed E-state index contributed by atoms with van der Waals surface area (Å²) in [4.78, 5) is 12.2. The van der Waals surface area contributed by atoms with E-state index in [1.54, 1.807) is 12.1 Å². The Balaban J connectivity index is 1.50. The van der Waals surface area contributed by atoms with E-state index in [-0.39, 0.29) is 23.5 Å². The fraction of sp³-hybridized carbons (Fsp3) is 0.350. The fourth-order valence-electron chi connectivity index (χ4n) is 3.14. The Morgan fingerprint density at radius 2 is 2.08 bits per heavy atom. The molecule has 132 valence electrons. The average Bonchev–Trinajstić information content (AvgIpc) is 3.05. The topological polar surface area (TPSA) is 29.1 Å². The lowest BCUT2D eigenvalue weighted by Gasteiger charge is -2.15. The molecule has 5 heteroatoms. The van der Waals surface area contributed by atoms with E-state index < -0.39 is 0 Å². The lowest BCUT2D eigenvalue weighted by atomic mass is 10.0. The van der Waals surface area contributed by atoms with Gasteiger partial charge in [0, 0.05) is 16.3 Å². The number of hydrogen-bond donors (Lipinski definition) is 1. The van der Waals surface area contributed by atoms with Crippen LogP contribution in [0.25, 0.3) is 0 Å². The van der Waals surface area contributed by atoms with E-state index in [0.717, 1.165) is 18.4 Å². The van der Waals surface area contributed by atoms with Gasteiger partial charge in [0.25, 0.3) is 0 Å². The lowest BCUT2D eigenvalue weighted by Crippen LogP contribution is -2.28. The van der Waals surface area contributed by atoms with Gasteiger partial charge in [0.15, 0.2) is 0 Å². The summed E-state index contributed by atoms with van der Waals surface area (Å²) in [6.07, 6.45) is 3.50. The molecule has 0 unspecified atom stereocenters. The number of benzene rings is 2. The van der Waals surface area contributed by atoms with E-state index in [9.17, 15) is 9.18 Å². The Hall–Kier alpha value is -1.52. The summed E-state index contributed by atoms with van der Waals surface area (Å²) in [6.45, 7) is 1.99. The molecule has 0 spiro atoms. The van der Waals surface area contributed by atoms with E-state index in [1.807, 2.05) is 6.92 Å². The minimum absolute atomic E-state index is 0.0314. The molecule has 1 amide bonds. The second-order valence-electron chi connectivity index (χ2n) is 6.36. The van der Waals surface area contributed by atoms with Gasteiger partial charge < -0.3 is 5.32 Å². The van der Waals surface area contributed by atoms with Crippen LogP contribution < -0.4 is 5.32 Å². The van der Waals surface area contributed by atoms with Gasteiger partial charge in [0.2, 0.25) is 5.91 Å². The first-order chi connectivity index (χ1) is 12.0. The number of rotatable bonds is 6. The van der Waals surface area contributed by atoms with Crippen molar-refractivity contribution in [2.45, 2.75) is 38.0 Å². The molecule has 0 saturated heterocycles. The lowest BCUT2D eigenvalue weighted by molar-refractivity contribution is -0.119. The SMILES string of the molecule is C[C@@H](NC(=O)CSCc1c(F)cccc1Cl)c1ccc2c(c1)CCC2. The zero-order chi connectivity index (χ0) is 17.8. The fourth-order valence-corrected chi connectivity index (χ4v) is 4.32. The summed E-state index contributed by atoms with van der Waals surface area (Å²) in [7, 11) is 0. The molecule has 2 aromatic carbocycles. The van der Waals surface area contributed by atoms with Crippen LogP contribution in [-0.4, -0.2) is 11.7 Å². The molecule has 25 heavy (non-hydrogen) atoms. The first-order valence-electron chi connectivity index (χ1n) is 8.46. The standard InChI is InChI=1S/C20H21ClFNOS/c1-13(15-9-8-14-4-2-5-16(14)10-15)23-20(24)12-25-11-17-18(21)6-3-7-19(17)22/h3,6-10,13H,2,4-5,11-12H2,1H3,(H,23,24)/t13-/m1/s1. The van der Waals surface area contributed by atoms with E-state index >= 15 is 0 Å². The van der Waals surface area contributed by atoms with Crippen LogP contribution in [0.4, 0.5) is 4.39 Å². The maximum absolute atomic E-state index is 13.7. The van der Waals surface area contributed by atoms with Crippen LogP contribution in [0.3, 0.4) is 0 Å². The highest BCUT2D eigenvalue weighted by Crippen LogP contribution is 2.26. The van der Waals surface area contributed by atoms with Crippen molar-refractivity contribution in [1.29, 1.82) is 0 Å². The molecule has 0 fully saturated rings. The smallest absolute Gasteiger partial charge is 0.230 e. The van der Waals surface area contributed by atoms with Crippen LogP contribution in [0.5, 0.6) is 0 Å². The molecule has 2 nitrogen and oxygen atoms in total. The summed E-state index contributed by atoms with van der Waals surface area (Å²) in [5, 5.41) is 3.42. The highest BCUT2D eigenvalue weighted by Gasteiger charge is 2.15. The van der Waals surface area contributed by atoms with Crippen molar-refractivity contribution >= 4 is 29.3 Å². The number of nitrogens with one attached hydrogen (secondary N) is 1. The van der Waals surface area contributed by atoms with Crippen LogP contribution in [0.15, 0.2) is 36.4 Å². The van der Waals surface area contributed by atoms with Crippen molar-refractivity contribution in [2.24, 2.45) is 0 Å². The molecule has 0 aromatic heterocycles. The summed E-state index contributed by atoms with van der Waals surface area (Å²) in [5.74, 6) is 0.281. The van der Waals surface area contributed by atoms with Crippen LogP contribution in [0, 0.1) is 5.82 Å². The summed E-state index contributed by atoms with van der Waals surface area (Å²) in [6, 6.07) is 11.1. The quantitative estimate of drug-likeness (QED) is 0.760. The van der Waals surface area contributed by atoms with Crippen molar-refractivity contribution < 1.29 is 9.18 Å². The number of aryl methyl sites for hydroxylation is 2. The van der Waals surface area contributed by atoms with Crippen LogP contribution >= 0.6 is 23.4 Å². The summed E-state index contributed by atoms with van der Waals surface area (Å²) < 4.78 is 13.7. The molecular weight excluding hydrogens is 357 g/mol. The van der Waals surface area contributed by atoms with E-state index in [1.165, 1.54) is 35.4 Å². The number of fused-ring (bicyclic) bond motifs is 1. The number of hydrogen-bond acceptors (Lipinski definition) is 2. The van der Waals surface area contributed by atoms with Gasteiger partial charge in [-0.1, -0.05) is 35.9 Å². The number of amides is 1. The molecule has 2 aromatic rings. The van der Waals surface area contributed by atoms with E-state index in [0.29, 0.717) is 16.3 Å². The van der Waals surface area contributed by atoms with Gasteiger partial charge in [-0.25, -0.2) is 4.39 Å².